The van der Waals surface area contributed by atoms with Crippen molar-refractivity contribution < 1.29 is 9.59 Å². The van der Waals surface area contributed by atoms with E-state index in [0.717, 1.165) is 12.8 Å². The van der Waals surface area contributed by atoms with Gasteiger partial charge in [0, 0.05) is 6.54 Å². The smallest absolute Gasteiger partial charge is 0.269 e. The van der Waals surface area contributed by atoms with Crippen LogP contribution in [-0.2, 0) is 9.59 Å². The van der Waals surface area contributed by atoms with Crippen molar-refractivity contribution in [3.05, 3.63) is 44.9 Å². The van der Waals surface area contributed by atoms with E-state index in [1.54, 1.807) is 0 Å². The number of hydrogen-bond donors (Lipinski definition) is 0. The molecule has 1 heterocycles. The third kappa shape index (κ3) is 3.04. The number of carbonyl (C=O) groups excluding carboxylic acids is 2. The van der Waals surface area contributed by atoms with E-state index in [1.165, 1.54) is 10.5 Å². The van der Waals surface area contributed by atoms with Crippen molar-refractivity contribution in [3.8, 4) is 0 Å². The van der Waals surface area contributed by atoms with E-state index in [4.69, 9.17) is 0 Å². The van der Waals surface area contributed by atoms with Gasteiger partial charge in [-0.3, -0.25) is 14.5 Å². The standard InChI is InChI=1S/C15H15Br2NO2/c1-2-10(11-6-4-3-5-7-11)8-9-18-14(19)12(16)13(17)15(18)20/h3-7,10H,2,8-9H2,1H3. The SMILES string of the molecule is CCC(CCN1C(=O)C(Br)=C(Br)C1=O)c1ccccc1. The second-order valence-electron chi connectivity index (χ2n) is 4.69. The molecule has 0 bridgehead atoms. The second-order valence-corrected chi connectivity index (χ2v) is 6.28. The number of rotatable bonds is 5. The van der Waals surface area contributed by atoms with E-state index in [0.29, 0.717) is 21.4 Å². The lowest BCUT2D eigenvalue weighted by Gasteiger charge is -2.19. The maximum absolute atomic E-state index is 11.9. The third-order valence-corrected chi connectivity index (χ3v) is 5.53. The molecule has 0 fully saturated rings. The molecular formula is C15H15Br2NO2. The van der Waals surface area contributed by atoms with Crippen LogP contribution in [0.2, 0.25) is 0 Å². The summed E-state index contributed by atoms with van der Waals surface area (Å²) in [6, 6.07) is 10.2. The van der Waals surface area contributed by atoms with Gasteiger partial charge in [-0.2, -0.15) is 0 Å². The van der Waals surface area contributed by atoms with Crippen molar-refractivity contribution >= 4 is 43.7 Å². The molecule has 1 aliphatic heterocycles. The minimum absolute atomic E-state index is 0.259. The van der Waals surface area contributed by atoms with E-state index in [9.17, 15) is 9.59 Å². The minimum atomic E-state index is -0.259. The lowest BCUT2D eigenvalue weighted by molar-refractivity contribution is -0.137. The fourth-order valence-corrected chi connectivity index (χ4v) is 3.10. The predicted octanol–water partition coefficient (Wildman–Crippen LogP) is 3.94. The molecule has 1 aliphatic rings. The van der Waals surface area contributed by atoms with Crippen molar-refractivity contribution in [2.45, 2.75) is 25.7 Å². The average Bonchev–Trinajstić information content (AvgIpc) is 2.66. The predicted molar refractivity (Wildman–Crippen MR) is 85.7 cm³/mol. The van der Waals surface area contributed by atoms with Crippen LogP contribution in [0.1, 0.15) is 31.2 Å². The highest BCUT2D eigenvalue weighted by atomic mass is 79.9. The van der Waals surface area contributed by atoms with Crippen LogP contribution in [0.5, 0.6) is 0 Å². The van der Waals surface area contributed by atoms with Crippen molar-refractivity contribution in [2.24, 2.45) is 0 Å². The summed E-state index contributed by atoms with van der Waals surface area (Å²) in [4.78, 5) is 25.2. The van der Waals surface area contributed by atoms with Gasteiger partial charge in [0.25, 0.3) is 11.8 Å². The monoisotopic (exact) mass is 399 g/mol. The number of imide groups is 1. The van der Waals surface area contributed by atoms with Crippen LogP contribution in [0.4, 0.5) is 0 Å². The van der Waals surface area contributed by atoms with Crippen molar-refractivity contribution in [1.29, 1.82) is 0 Å². The number of halogens is 2. The Morgan fingerprint density at radius 2 is 1.60 bits per heavy atom. The van der Waals surface area contributed by atoms with Crippen molar-refractivity contribution in [2.75, 3.05) is 6.54 Å². The Bertz CT molecular complexity index is 530. The highest BCUT2D eigenvalue weighted by Gasteiger charge is 2.35. The molecule has 0 radical (unpaired) electrons. The van der Waals surface area contributed by atoms with Gasteiger partial charge >= 0.3 is 0 Å². The highest BCUT2D eigenvalue weighted by Crippen LogP contribution is 2.31. The lowest BCUT2D eigenvalue weighted by Crippen LogP contribution is -2.32. The minimum Gasteiger partial charge on any atom is -0.273 e. The molecule has 0 aliphatic carbocycles. The van der Waals surface area contributed by atoms with Gasteiger partial charge in [0.05, 0.1) is 0 Å². The molecule has 0 saturated heterocycles. The Hall–Kier alpha value is -0.940. The first-order valence-corrected chi connectivity index (χ1v) is 8.11. The first kappa shape index (κ1) is 15.4. The summed E-state index contributed by atoms with van der Waals surface area (Å²) in [7, 11) is 0. The number of carbonyl (C=O) groups is 2. The Balaban J connectivity index is 2.02. The molecule has 0 saturated carbocycles. The molecule has 5 heteroatoms. The zero-order chi connectivity index (χ0) is 14.7. The maximum Gasteiger partial charge on any atom is 0.269 e. The summed E-state index contributed by atoms with van der Waals surface area (Å²) in [6.07, 6.45) is 1.76. The molecule has 2 rings (SSSR count). The summed E-state index contributed by atoms with van der Waals surface area (Å²) < 4.78 is 0.630. The number of amides is 2. The van der Waals surface area contributed by atoms with Crippen LogP contribution in [0, 0.1) is 0 Å². The van der Waals surface area contributed by atoms with Gasteiger partial charge < -0.3 is 0 Å². The van der Waals surface area contributed by atoms with Crippen LogP contribution in [-0.4, -0.2) is 23.3 Å². The molecule has 0 spiro atoms. The van der Waals surface area contributed by atoms with Gasteiger partial charge in [-0.25, -0.2) is 0 Å². The molecule has 0 N–H and O–H groups in total. The Labute approximate surface area is 135 Å². The first-order valence-electron chi connectivity index (χ1n) is 6.52. The third-order valence-electron chi connectivity index (χ3n) is 3.52. The first-order chi connectivity index (χ1) is 9.56. The van der Waals surface area contributed by atoms with E-state index in [1.807, 2.05) is 18.2 Å². The van der Waals surface area contributed by atoms with Gasteiger partial charge in [0.2, 0.25) is 0 Å². The second kappa shape index (κ2) is 6.68. The van der Waals surface area contributed by atoms with Crippen molar-refractivity contribution in [1.82, 2.24) is 4.90 Å². The van der Waals surface area contributed by atoms with Gasteiger partial charge in [0.15, 0.2) is 0 Å². The normalized spacial score (nSPS) is 17.1. The lowest BCUT2D eigenvalue weighted by atomic mass is 9.93. The quantitative estimate of drug-likeness (QED) is 0.702. The van der Waals surface area contributed by atoms with Crippen LogP contribution < -0.4 is 0 Å². The molecule has 20 heavy (non-hydrogen) atoms. The molecule has 3 nitrogen and oxygen atoms in total. The van der Waals surface area contributed by atoms with Gasteiger partial charge in [-0.15, -0.1) is 0 Å². The molecule has 1 aromatic carbocycles. The zero-order valence-corrected chi connectivity index (χ0v) is 14.3. The zero-order valence-electron chi connectivity index (χ0n) is 11.1. The maximum atomic E-state index is 11.9. The van der Waals surface area contributed by atoms with Crippen LogP contribution in [0.3, 0.4) is 0 Å². The molecule has 106 valence electrons. The summed E-state index contributed by atoms with van der Waals surface area (Å²) >= 11 is 6.28. The van der Waals surface area contributed by atoms with E-state index in [2.05, 4.69) is 50.9 Å². The fourth-order valence-electron chi connectivity index (χ4n) is 2.34. The summed E-state index contributed by atoms with van der Waals surface area (Å²) in [5.41, 5.74) is 1.25. The Kier molecular flexibility index (Phi) is 5.16. The fraction of sp³-hybridized carbons (Fsp3) is 0.333. The van der Waals surface area contributed by atoms with Crippen LogP contribution in [0.25, 0.3) is 0 Å². The number of benzene rings is 1. The van der Waals surface area contributed by atoms with Gasteiger partial charge in [0.1, 0.15) is 8.96 Å². The number of hydrogen-bond acceptors (Lipinski definition) is 2. The van der Waals surface area contributed by atoms with Crippen LogP contribution in [0.15, 0.2) is 39.3 Å². The highest BCUT2D eigenvalue weighted by molar-refractivity contribution is 9.14. The number of nitrogens with zero attached hydrogens (tertiary/aromatic N) is 1. The van der Waals surface area contributed by atoms with E-state index >= 15 is 0 Å². The topological polar surface area (TPSA) is 37.4 Å². The molecule has 0 aromatic heterocycles. The molecule has 2 amide bonds. The molecule has 1 aromatic rings. The molecule has 1 atom stereocenters. The molecular weight excluding hydrogens is 386 g/mol. The van der Waals surface area contributed by atoms with E-state index < -0.39 is 0 Å². The van der Waals surface area contributed by atoms with Crippen LogP contribution >= 0.6 is 31.9 Å². The summed E-state index contributed by atoms with van der Waals surface area (Å²) in [5.74, 6) is -0.162. The largest absolute Gasteiger partial charge is 0.273 e. The summed E-state index contributed by atoms with van der Waals surface area (Å²) in [6.45, 7) is 2.56. The Morgan fingerprint density at radius 1 is 1.05 bits per heavy atom. The molecule has 1 unspecified atom stereocenters. The van der Waals surface area contributed by atoms with Gasteiger partial charge in [-0.05, 0) is 56.2 Å². The summed E-state index contributed by atoms with van der Waals surface area (Å²) in [5, 5.41) is 0. The Morgan fingerprint density at radius 3 is 2.10 bits per heavy atom. The van der Waals surface area contributed by atoms with Gasteiger partial charge in [-0.1, -0.05) is 37.3 Å². The van der Waals surface area contributed by atoms with E-state index in [-0.39, 0.29) is 11.8 Å². The van der Waals surface area contributed by atoms with Crippen molar-refractivity contribution in [3.63, 3.8) is 0 Å². The average molecular weight is 401 g/mol.